The van der Waals surface area contributed by atoms with Crippen LogP contribution >= 0.6 is 0 Å². The highest BCUT2D eigenvalue weighted by Crippen LogP contribution is 2.29. The standard InChI is InChI=1S/C20H22N2O3/c1-25-18-12-5-4-10-16(18)20(24)21-13-19(23)22-17-11-6-8-14-7-2-3-9-15(14)17/h2-5,7,9-10,12,17H,6,8,11,13H2,1H3,(H,21,24)(H,22,23)/t17-/m0/s1. The predicted octanol–water partition coefficient (Wildman–Crippen LogP) is 2.62. The molecule has 5 heteroatoms. The van der Waals surface area contributed by atoms with Crippen molar-refractivity contribution in [3.8, 4) is 5.75 Å². The van der Waals surface area contributed by atoms with Crippen molar-refractivity contribution in [1.82, 2.24) is 10.6 Å². The van der Waals surface area contributed by atoms with E-state index >= 15 is 0 Å². The van der Waals surface area contributed by atoms with Gasteiger partial charge in [-0.1, -0.05) is 36.4 Å². The van der Waals surface area contributed by atoms with Crippen LogP contribution in [0.15, 0.2) is 48.5 Å². The van der Waals surface area contributed by atoms with Crippen molar-refractivity contribution >= 4 is 11.8 Å². The number of hydrogen-bond donors (Lipinski definition) is 2. The average Bonchev–Trinajstić information content (AvgIpc) is 2.66. The van der Waals surface area contributed by atoms with Crippen molar-refractivity contribution in [2.75, 3.05) is 13.7 Å². The number of amides is 2. The van der Waals surface area contributed by atoms with Crippen LogP contribution in [0.2, 0.25) is 0 Å². The third-order valence-electron chi connectivity index (χ3n) is 4.47. The molecule has 2 N–H and O–H groups in total. The number of hydrogen-bond acceptors (Lipinski definition) is 3. The summed E-state index contributed by atoms with van der Waals surface area (Å²) in [6.07, 6.45) is 3.02. The molecule has 1 aliphatic carbocycles. The summed E-state index contributed by atoms with van der Waals surface area (Å²) in [7, 11) is 1.51. The van der Waals surface area contributed by atoms with Crippen molar-refractivity contribution in [3.63, 3.8) is 0 Å². The molecule has 0 aliphatic heterocycles. The van der Waals surface area contributed by atoms with E-state index in [0.29, 0.717) is 11.3 Å². The van der Waals surface area contributed by atoms with Crippen molar-refractivity contribution < 1.29 is 14.3 Å². The molecule has 5 nitrogen and oxygen atoms in total. The van der Waals surface area contributed by atoms with E-state index in [4.69, 9.17) is 4.74 Å². The summed E-state index contributed by atoms with van der Waals surface area (Å²) in [6.45, 7) is -0.0600. The van der Waals surface area contributed by atoms with E-state index < -0.39 is 0 Å². The lowest BCUT2D eigenvalue weighted by Gasteiger charge is -2.26. The Kier molecular flexibility index (Phi) is 5.33. The molecule has 0 saturated heterocycles. The Morgan fingerprint density at radius 1 is 1.12 bits per heavy atom. The minimum Gasteiger partial charge on any atom is -0.496 e. The van der Waals surface area contributed by atoms with Crippen LogP contribution in [0.25, 0.3) is 0 Å². The van der Waals surface area contributed by atoms with Gasteiger partial charge in [0.25, 0.3) is 5.91 Å². The van der Waals surface area contributed by atoms with Crippen LogP contribution in [0.4, 0.5) is 0 Å². The van der Waals surface area contributed by atoms with Gasteiger partial charge in [-0.3, -0.25) is 9.59 Å². The molecular formula is C20H22N2O3. The number of fused-ring (bicyclic) bond motifs is 1. The van der Waals surface area contributed by atoms with Gasteiger partial charge in [0.15, 0.2) is 0 Å². The second kappa shape index (κ2) is 7.83. The minimum absolute atomic E-state index is 0.0145. The number of para-hydroxylation sites is 1. The van der Waals surface area contributed by atoms with Crippen LogP contribution in [0, 0.1) is 0 Å². The largest absolute Gasteiger partial charge is 0.496 e. The van der Waals surface area contributed by atoms with Gasteiger partial charge in [0.05, 0.1) is 25.3 Å². The molecule has 0 spiro atoms. The van der Waals surface area contributed by atoms with Crippen LogP contribution in [0.3, 0.4) is 0 Å². The lowest BCUT2D eigenvalue weighted by molar-refractivity contribution is -0.121. The van der Waals surface area contributed by atoms with E-state index in [0.717, 1.165) is 19.3 Å². The molecule has 0 bridgehead atoms. The molecule has 2 aromatic carbocycles. The molecule has 1 aliphatic rings. The maximum atomic E-state index is 12.3. The normalized spacial score (nSPS) is 15.8. The minimum atomic E-state index is -0.323. The van der Waals surface area contributed by atoms with Crippen LogP contribution in [0.5, 0.6) is 5.75 Å². The molecule has 0 fully saturated rings. The number of rotatable bonds is 5. The van der Waals surface area contributed by atoms with Gasteiger partial charge in [-0.2, -0.15) is 0 Å². The Bertz CT molecular complexity index is 773. The lowest BCUT2D eigenvalue weighted by Crippen LogP contribution is -2.39. The molecule has 0 radical (unpaired) electrons. The Hall–Kier alpha value is -2.82. The van der Waals surface area contributed by atoms with Gasteiger partial charge in [-0.05, 0) is 42.5 Å². The predicted molar refractivity (Wildman–Crippen MR) is 95.6 cm³/mol. The Balaban J connectivity index is 1.58. The summed E-state index contributed by atoms with van der Waals surface area (Å²) in [5.41, 5.74) is 2.89. The van der Waals surface area contributed by atoms with Crippen molar-refractivity contribution in [2.24, 2.45) is 0 Å². The molecule has 0 unspecified atom stereocenters. The molecular weight excluding hydrogens is 316 g/mol. The summed E-state index contributed by atoms with van der Waals surface area (Å²) >= 11 is 0. The Morgan fingerprint density at radius 2 is 1.88 bits per heavy atom. The molecule has 3 rings (SSSR count). The zero-order valence-corrected chi connectivity index (χ0v) is 14.2. The maximum absolute atomic E-state index is 12.3. The summed E-state index contributed by atoms with van der Waals surface area (Å²) in [5.74, 6) is -0.0248. The summed E-state index contributed by atoms with van der Waals surface area (Å²) in [6, 6.07) is 15.1. The van der Waals surface area contributed by atoms with Crippen molar-refractivity contribution in [1.29, 1.82) is 0 Å². The second-order valence-electron chi connectivity index (χ2n) is 6.09. The lowest BCUT2D eigenvalue weighted by atomic mass is 9.88. The van der Waals surface area contributed by atoms with E-state index in [2.05, 4.69) is 22.8 Å². The molecule has 0 saturated carbocycles. The summed E-state index contributed by atoms with van der Waals surface area (Å²) < 4.78 is 5.17. The first-order chi connectivity index (χ1) is 12.2. The van der Waals surface area contributed by atoms with E-state index in [1.807, 2.05) is 12.1 Å². The number of aryl methyl sites for hydroxylation is 1. The summed E-state index contributed by atoms with van der Waals surface area (Å²) in [5, 5.41) is 5.68. The third kappa shape index (κ3) is 3.99. The Morgan fingerprint density at radius 3 is 2.72 bits per heavy atom. The van der Waals surface area contributed by atoms with Crippen LogP contribution in [-0.4, -0.2) is 25.5 Å². The number of carbonyl (C=O) groups is 2. The fourth-order valence-electron chi connectivity index (χ4n) is 3.24. The van der Waals surface area contributed by atoms with Gasteiger partial charge in [-0.15, -0.1) is 0 Å². The number of carbonyl (C=O) groups excluding carboxylic acids is 2. The number of benzene rings is 2. The molecule has 1 atom stereocenters. The smallest absolute Gasteiger partial charge is 0.255 e. The van der Waals surface area contributed by atoms with Gasteiger partial charge >= 0.3 is 0 Å². The van der Waals surface area contributed by atoms with Crippen molar-refractivity contribution in [3.05, 3.63) is 65.2 Å². The number of ether oxygens (including phenoxy) is 1. The van der Waals surface area contributed by atoms with Crippen LogP contribution < -0.4 is 15.4 Å². The quantitative estimate of drug-likeness (QED) is 0.881. The first-order valence-electron chi connectivity index (χ1n) is 8.47. The summed E-state index contributed by atoms with van der Waals surface area (Å²) in [4.78, 5) is 24.5. The first kappa shape index (κ1) is 17.0. The average molecular weight is 338 g/mol. The number of methoxy groups -OCH3 is 1. The Labute approximate surface area is 147 Å². The van der Waals surface area contributed by atoms with E-state index in [1.165, 1.54) is 18.2 Å². The maximum Gasteiger partial charge on any atom is 0.255 e. The van der Waals surface area contributed by atoms with Gasteiger partial charge in [0, 0.05) is 0 Å². The molecule has 0 aromatic heterocycles. The third-order valence-corrected chi connectivity index (χ3v) is 4.47. The number of nitrogens with one attached hydrogen (secondary N) is 2. The fourth-order valence-corrected chi connectivity index (χ4v) is 3.24. The highest BCUT2D eigenvalue weighted by Gasteiger charge is 2.21. The van der Waals surface area contributed by atoms with E-state index in [-0.39, 0.29) is 24.4 Å². The zero-order valence-electron chi connectivity index (χ0n) is 14.2. The SMILES string of the molecule is COc1ccccc1C(=O)NCC(=O)N[C@H]1CCCc2ccccc21. The van der Waals surface area contributed by atoms with Crippen molar-refractivity contribution in [2.45, 2.75) is 25.3 Å². The molecule has 130 valence electrons. The topological polar surface area (TPSA) is 67.4 Å². The van der Waals surface area contributed by atoms with Gasteiger partial charge in [0.2, 0.25) is 5.91 Å². The van der Waals surface area contributed by atoms with E-state index in [1.54, 1.807) is 24.3 Å². The monoisotopic (exact) mass is 338 g/mol. The van der Waals surface area contributed by atoms with Gasteiger partial charge < -0.3 is 15.4 Å². The highest BCUT2D eigenvalue weighted by molar-refractivity contribution is 5.98. The van der Waals surface area contributed by atoms with Crippen LogP contribution in [0.1, 0.15) is 40.4 Å². The highest BCUT2D eigenvalue weighted by atomic mass is 16.5. The van der Waals surface area contributed by atoms with Gasteiger partial charge in [-0.25, -0.2) is 0 Å². The zero-order chi connectivity index (χ0) is 17.6. The second-order valence-corrected chi connectivity index (χ2v) is 6.09. The van der Waals surface area contributed by atoms with E-state index in [9.17, 15) is 9.59 Å². The van der Waals surface area contributed by atoms with Gasteiger partial charge in [0.1, 0.15) is 5.75 Å². The molecule has 0 heterocycles. The fraction of sp³-hybridized carbons (Fsp3) is 0.300. The first-order valence-corrected chi connectivity index (χ1v) is 8.47. The molecule has 25 heavy (non-hydrogen) atoms. The molecule has 2 aromatic rings. The molecule has 2 amide bonds. The van der Waals surface area contributed by atoms with Crippen LogP contribution in [-0.2, 0) is 11.2 Å².